The summed E-state index contributed by atoms with van der Waals surface area (Å²) in [5, 5.41) is 45.8. The van der Waals surface area contributed by atoms with E-state index in [-0.39, 0.29) is 17.3 Å². The summed E-state index contributed by atoms with van der Waals surface area (Å²) in [6.45, 7) is 3.58. The van der Waals surface area contributed by atoms with Gasteiger partial charge in [0.1, 0.15) is 31.0 Å². The predicted molar refractivity (Wildman–Crippen MR) is 200 cm³/mol. The minimum atomic E-state index is -3.77. The molecule has 0 spiro atoms. The lowest BCUT2D eigenvalue weighted by molar-refractivity contribution is -0.303. The van der Waals surface area contributed by atoms with Crippen molar-refractivity contribution in [3.8, 4) is 0 Å². The molecule has 13 nitrogen and oxygen atoms in total. The Morgan fingerprint density at radius 1 is 1.04 bits per heavy atom. The Hall–Kier alpha value is -3.73. The number of unbranched alkanes of at least 4 members (excludes halogenated alkanes) is 1. The van der Waals surface area contributed by atoms with Crippen molar-refractivity contribution < 1.29 is 48.2 Å². The van der Waals surface area contributed by atoms with E-state index in [4.69, 9.17) is 14.7 Å². The highest BCUT2D eigenvalue weighted by Gasteiger charge is 2.49. The molecule has 14 heteroatoms. The van der Waals surface area contributed by atoms with E-state index in [1.807, 2.05) is 75.3 Å². The fourth-order valence-electron chi connectivity index (χ4n) is 7.34. The zero-order valence-electron chi connectivity index (χ0n) is 30.5. The Balaban J connectivity index is 1.42. The second-order valence-corrected chi connectivity index (χ2v) is 16.1. The van der Waals surface area contributed by atoms with E-state index < -0.39 is 70.4 Å². The summed E-state index contributed by atoms with van der Waals surface area (Å²) in [6.07, 6.45) is -3.96. The van der Waals surface area contributed by atoms with Crippen molar-refractivity contribution in [1.82, 2.24) is 5.32 Å². The summed E-state index contributed by atoms with van der Waals surface area (Å²) in [6, 6.07) is 21.3. The number of anilines is 1. The molecule has 0 bridgehead atoms. The van der Waals surface area contributed by atoms with E-state index in [0.29, 0.717) is 29.7 Å². The first-order valence-corrected chi connectivity index (χ1v) is 19.6. The summed E-state index contributed by atoms with van der Waals surface area (Å²) < 4.78 is 39.5. The summed E-state index contributed by atoms with van der Waals surface area (Å²) >= 11 is 0. The molecular weight excluding hydrogens is 703 g/mol. The number of carbonyl (C=O) groups is 1. The molecule has 3 aromatic rings. The van der Waals surface area contributed by atoms with Gasteiger partial charge in [0, 0.05) is 31.1 Å². The van der Waals surface area contributed by atoms with E-state index in [2.05, 4.69) is 15.2 Å². The fourth-order valence-corrected chi connectivity index (χ4v) is 9.60. The zero-order valence-corrected chi connectivity index (χ0v) is 31.4. The number of aliphatic imine (C=N–C) groups is 1. The standard InChI is InChI=1S/C39H51N3O10S/c1-5-7-18-39(6-2)24-53(48,49)31-17-16-28(42(3)4)20-29(31)33(37(39)46)26-14-11-15-27(19-26)40-21-32(43)41-38-35(45)36(34(44)30(52-38)23-51-47)50-22-25-12-9-8-10-13-25/h8-17,19-21,30,33-38,44-47H,5-7,18,22-24H2,1-4H3,(H,41,43)/t30-,33-,34-,35-,36+,37-,38-,39-/m1/s1. The topological polar surface area (TPSA) is 187 Å². The minimum absolute atomic E-state index is 0.0608. The molecular formula is C39H51N3O10S. The summed E-state index contributed by atoms with van der Waals surface area (Å²) in [5.74, 6) is -1.61. The molecule has 8 atom stereocenters. The van der Waals surface area contributed by atoms with Gasteiger partial charge >= 0.3 is 0 Å². The van der Waals surface area contributed by atoms with Crippen molar-refractivity contribution in [1.29, 1.82) is 0 Å². The molecule has 2 heterocycles. The van der Waals surface area contributed by atoms with E-state index in [1.54, 1.807) is 30.3 Å². The largest absolute Gasteiger partial charge is 0.392 e. The fraction of sp³-hybridized carbons (Fsp3) is 0.487. The normalized spacial score (nSPS) is 28.3. The van der Waals surface area contributed by atoms with Crippen LogP contribution in [0.3, 0.4) is 0 Å². The molecule has 0 saturated carbocycles. The highest BCUT2D eigenvalue weighted by Crippen LogP contribution is 2.49. The van der Waals surface area contributed by atoms with Gasteiger partial charge in [0.15, 0.2) is 16.1 Å². The summed E-state index contributed by atoms with van der Waals surface area (Å²) in [7, 11) is -0.0293. The lowest BCUT2D eigenvalue weighted by atomic mass is 9.69. The molecule has 53 heavy (non-hydrogen) atoms. The molecule has 5 rings (SSSR count). The number of hydrogen-bond donors (Lipinski definition) is 5. The van der Waals surface area contributed by atoms with Crippen LogP contribution in [0, 0.1) is 5.41 Å². The number of rotatable bonds is 14. The first-order valence-electron chi connectivity index (χ1n) is 17.9. The van der Waals surface area contributed by atoms with Gasteiger partial charge in [0.25, 0.3) is 5.91 Å². The van der Waals surface area contributed by atoms with Crippen molar-refractivity contribution >= 4 is 33.3 Å². The Kier molecular flexibility index (Phi) is 13.4. The molecule has 2 aliphatic heterocycles. The molecule has 5 N–H and O–H groups in total. The van der Waals surface area contributed by atoms with Crippen molar-refractivity contribution in [3.05, 3.63) is 89.5 Å². The number of aliphatic hydroxyl groups is 3. The van der Waals surface area contributed by atoms with Crippen molar-refractivity contribution in [2.75, 3.05) is 31.4 Å². The van der Waals surface area contributed by atoms with E-state index in [1.165, 1.54) is 0 Å². The smallest absolute Gasteiger partial charge is 0.264 e. The van der Waals surface area contributed by atoms with Crippen LogP contribution in [0.1, 0.15) is 62.1 Å². The number of ether oxygens (including phenoxy) is 2. The molecule has 0 aliphatic carbocycles. The van der Waals surface area contributed by atoms with E-state index in [9.17, 15) is 28.5 Å². The van der Waals surface area contributed by atoms with Crippen LogP contribution in [0.4, 0.5) is 11.4 Å². The number of carbonyl (C=O) groups excluding carboxylic acids is 1. The molecule has 288 valence electrons. The van der Waals surface area contributed by atoms with Gasteiger partial charge in [-0.15, -0.1) is 0 Å². The van der Waals surface area contributed by atoms with Crippen LogP contribution in [0.15, 0.2) is 82.7 Å². The first kappa shape index (κ1) is 40.5. The molecule has 0 unspecified atom stereocenters. The zero-order chi connectivity index (χ0) is 38.3. The quantitative estimate of drug-likeness (QED) is 0.0912. The Morgan fingerprint density at radius 3 is 2.47 bits per heavy atom. The number of fused-ring (bicyclic) bond motifs is 1. The minimum Gasteiger partial charge on any atom is -0.392 e. The third-order valence-electron chi connectivity index (χ3n) is 10.4. The number of amides is 1. The number of sulfone groups is 1. The van der Waals surface area contributed by atoms with Crippen LogP contribution in [0.5, 0.6) is 0 Å². The summed E-state index contributed by atoms with van der Waals surface area (Å²) in [5.41, 5.74) is 2.20. The predicted octanol–water partition coefficient (Wildman–Crippen LogP) is 3.96. The number of aliphatic hydroxyl groups excluding tert-OH is 3. The van der Waals surface area contributed by atoms with Gasteiger partial charge in [-0.2, -0.15) is 0 Å². The number of nitrogens with one attached hydrogen (secondary N) is 1. The lowest BCUT2D eigenvalue weighted by Crippen LogP contribution is -2.64. The van der Waals surface area contributed by atoms with E-state index in [0.717, 1.165) is 30.3 Å². The van der Waals surface area contributed by atoms with Crippen molar-refractivity contribution in [2.24, 2.45) is 10.4 Å². The maximum Gasteiger partial charge on any atom is 0.264 e. The van der Waals surface area contributed by atoms with Crippen LogP contribution in [0.2, 0.25) is 0 Å². The summed E-state index contributed by atoms with van der Waals surface area (Å²) in [4.78, 5) is 23.8. The van der Waals surface area contributed by atoms with Gasteiger partial charge in [-0.3, -0.25) is 15.0 Å². The highest BCUT2D eigenvalue weighted by molar-refractivity contribution is 7.91. The van der Waals surface area contributed by atoms with Crippen molar-refractivity contribution in [2.45, 2.75) is 93.7 Å². The maximum atomic E-state index is 14.0. The molecule has 2 aliphatic rings. The maximum absolute atomic E-state index is 14.0. The number of nitrogens with zero attached hydrogens (tertiary/aromatic N) is 2. The SMILES string of the molecule is CCCC[C@]1(CC)CS(=O)(=O)c2ccc(N(C)C)cc2[C@@H](c2cccc(N=CC(=O)N[C@@H]3O[C@H](COO)[C@@H](O)[C@H](OCc4ccccc4)[C@H]3O)c2)[C@H]1O. The van der Waals surface area contributed by atoms with Crippen molar-refractivity contribution in [3.63, 3.8) is 0 Å². The van der Waals surface area contributed by atoms with Crippen LogP contribution in [-0.4, -0.2) is 104 Å². The Bertz CT molecular complexity index is 1820. The van der Waals surface area contributed by atoms with Gasteiger partial charge in [-0.1, -0.05) is 69.2 Å². The van der Waals surface area contributed by atoms with Gasteiger partial charge in [0.2, 0.25) is 0 Å². The van der Waals surface area contributed by atoms with Gasteiger partial charge in [-0.05, 0) is 59.9 Å². The average molecular weight is 754 g/mol. The highest BCUT2D eigenvalue weighted by atomic mass is 32.2. The monoisotopic (exact) mass is 753 g/mol. The Labute approximate surface area is 311 Å². The molecule has 0 radical (unpaired) electrons. The molecule has 1 fully saturated rings. The molecule has 1 saturated heterocycles. The third kappa shape index (κ3) is 9.15. The number of hydrogen-bond acceptors (Lipinski definition) is 12. The molecule has 0 aromatic heterocycles. The third-order valence-corrected chi connectivity index (χ3v) is 12.4. The second-order valence-electron chi connectivity index (χ2n) is 14.1. The van der Waals surface area contributed by atoms with Gasteiger partial charge in [-0.25, -0.2) is 13.3 Å². The number of benzene rings is 3. The average Bonchev–Trinajstić information content (AvgIpc) is 3.21. The second kappa shape index (κ2) is 17.6. The molecule has 3 aromatic carbocycles. The van der Waals surface area contributed by atoms with Crippen LogP contribution >= 0.6 is 0 Å². The van der Waals surface area contributed by atoms with Crippen LogP contribution in [0.25, 0.3) is 0 Å². The Morgan fingerprint density at radius 2 is 1.79 bits per heavy atom. The van der Waals surface area contributed by atoms with Crippen LogP contribution < -0.4 is 10.2 Å². The van der Waals surface area contributed by atoms with Gasteiger partial charge in [0.05, 0.1) is 35.3 Å². The van der Waals surface area contributed by atoms with Gasteiger partial charge < -0.3 is 35.0 Å². The van der Waals surface area contributed by atoms with E-state index >= 15 is 0 Å². The van der Waals surface area contributed by atoms with Crippen LogP contribution in [-0.2, 0) is 35.6 Å². The first-order chi connectivity index (χ1) is 25.3. The molecule has 1 amide bonds. The lowest BCUT2D eigenvalue weighted by Gasteiger charge is -2.42.